The number of fused-ring (bicyclic) bond motifs is 1. The third-order valence-corrected chi connectivity index (χ3v) is 7.28. The second-order valence-corrected chi connectivity index (χ2v) is 10.0. The molecule has 1 atom stereocenters. The van der Waals surface area contributed by atoms with Gasteiger partial charge in [-0.2, -0.15) is 0 Å². The zero-order chi connectivity index (χ0) is 18.9. The van der Waals surface area contributed by atoms with Gasteiger partial charge in [0.25, 0.3) is 5.91 Å². The summed E-state index contributed by atoms with van der Waals surface area (Å²) in [7, 11) is -3.52. The molecule has 3 rings (SSSR count). The van der Waals surface area contributed by atoms with Crippen LogP contribution in [0.4, 0.5) is 5.69 Å². The van der Waals surface area contributed by atoms with Crippen molar-refractivity contribution in [3.63, 3.8) is 0 Å². The lowest BCUT2D eigenvalue weighted by Gasteiger charge is -2.16. The number of aryl methyl sites for hydroxylation is 1. The Balaban J connectivity index is 1.70. The summed E-state index contributed by atoms with van der Waals surface area (Å²) in [4.78, 5) is 14.7. The summed E-state index contributed by atoms with van der Waals surface area (Å²) in [5.41, 5.74) is 1.87. The van der Waals surface area contributed by atoms with Crippen LogP contribution in [-0.2, 0) is 22.9 Å². The topological polar surface area (TPSA) is 75.3 Å². The molecule has 1 aliphatic rings. The zero-order valence-corrected chi connectivity index (χ0v) is 16.8. The molecular weight excluding hydrogens is 368 g/mol. The molecule has 7 heteroatoms. The van der Waals surface area contributed by atoms with E-state index in [1.54, 1.807) is 37.3 Å². The van der Waals surface area contributed by atoms with Crippen molar-refractivity contribution in [2.45, 2.75) is 51.0 Å². The molecule has 0 radical (unpaired) electrons. The van der Waals surface area contributed by atoms with Crippen LogP contribution in [0, 0.1) is 5.92 Å². The van der Waals surface area contributed by atoms with Crippen LogP contribution in [0.15, 0.2) is 35.2 Å². The van der Waals surface area contributed by atoms with Gasteiger partial charge in [0.15, 0.2) is 0 Å². The molecule has 0 fully saturated rings. The Labute approximate surface area is 158 Å². The van der Waals surface area contributed by atoms with E-state index in [1.165, 1.54) is 29.0 Å². The van der Waals surface area contributed by atoms with Gasteiger partial charge in [-0.3, -0.25) is 4.79 Å². The van der Waals surface area contributed by atoms with Gasteiger partial charge in [0.05, 0.1) is 9.77 Å². The number of nitrogens with one attached hydrogen (secondary N) is 2. The molecule has 1 aliphatic carbocycles. The van der Waals surface area contributed by atoms with Crippen molar-refractivity contribution in [1.82, 2.24) is 4.72 Å². The van der Waals surface area contributed by atoms with Crippen molar-refractivity contribution in [3.05, 3.63) is 45.6 Å². The minimum absolute atomic E-state index is 0.145. The van der Waals surface area contributed by atoms with Gasteiger partial charge < -0.3 is 5.32 Å². The molecule has 0 aliphatic heterocycles. The fourth-order valence-electron chi connectivity index (χ4n) is 3.11. The summed E-state index contributed by atoms with van der Waals surface area (Å²) in [6.45, 7) is 5.78. The Morgan fingerprint density at radius 3 is 2.58 bits per heavy atom. The molecule has 2 aromatic rings. The number of anilines is 1. The first-order chi connectivity index (χ1) is 12.2. The number of amides is 1. The number of thiophene rings is 1. The maximum Gasteiger partial charge on any atom is 0.265 e. The Kier molecular flexibility index (Phi) is 5.50. The number of benzene rings is 1. The van der Waals surface area contributed by atoms with Crippen LogP contribution < -0.4 is 10.0 Å². The Morgan fingerprint density at radius 2 is 1.92 bits per heavy atom. The van der Waals surface area contributed by atoms with Gasteiger partial charge in [-0.25, -0.2) is 13.1 Å². The molecule has 1 amide bonds. The third kappa shape index (κ3) is 4.34. The van der Waals surface area contributed by atoms with E-state index in [0.29, 0.717) is 16.5 Å². The van der Waals surface area contributed by atoms with E-state index in [4.69, 9.17) is 0 Å². The van der Waals surface area contributed by atoms with Crippen LogP contribution in [0.25, 0.3) is 0 Å². The largest absolute Gasteiger partial charge is 0.321 e. The molecular formula is C19H24N2O3S2. The summed E-state index contributed by atoms with van der Waals surface area (Å²) in [5.74, 6) is 0.523. The van der Waals surface area contributed by atoms with E-state index in [-0.39, 0.29) is 16.8 Å². The molecule has 1 heterocycles. The predicted molar refractivity (Wildman–Crippen MR) is 105 cm³/mol. The number of carbonyl (C=O) groups is 1. The zero-order valence-electron chi connectivity index (χ0n) is 15.2. The smallest absolute Gasteiger partial charge is 0.265 e. The van der Waals surface area contributed by atoms with Crippen LogP contribution in [0.3, 0.4) is 0 Å². The molecule has 0 unspecified atom stereocenters. The summed E-state index contributed by atoms with van der Waals surface area (Å²) in [5, 5.41) is 2.85. The van der Waals surface area contributed by atoms with Crippen LogP contribution in [0.1, 0.15) is 47.3 Å². The minimum atomic E-state index is -3.52. The van der Waals surface area contributed by atoms with E-state index < -0.39 is 10.0 Å². The van der Waals surface area contributed by atoms with Crippen LogP contribution in [0.2, 0.25) is 0 Å². The number of rotatable bonds is 5. The van der Waals surface area contributed by atoms with Gasteiger partial charge in [0.1, 0.15) is 0 Å². The lowest BCUT2D eigenvalue weighted by Crippen LogP contribution is -2.30. The number of hydrogen-bond acceptors (Lipinski definition) is 4. The highest BCUT2D eigenvalue weighted by Crippen LogP contribution is 2.32. The number of carbonyl (C=O) groups excluding carboxylic acids is 1. The second-order valence-electron chi connectivity index (χ2n) is 7.16. The Bertz CT molecular complexity index is 899. The maximum absolute atomic E-state index is 12.5. The highest BCUT2D eigenvalue weighted by Gasteiger charge is 2.21. The molecule has 0 bridgehead atoms. The average Bonchev–Trinajstić information content (AvgIpc) is 2.97. The van der Waals surface area contributed by atoms with Crippen molar-refractivity contribution in [1.29, 1.82) is 0 Å². The van der Waals surface area contributed by atoms with Gasteiger partial charge in [0, 0.05) is 16.6 Å². The summed E-state index contributed by atoms with van der Waals surface area (Å²) in [6.07, 6.45) is 3.26. The first-order valence-electron chi connectivity index (χ1n) is 8.80. The van der Waals surface area contributed by atoms with E-state index in [1.807, 2.05) is 6.07 Å². The average molecular weight is 393 g/mol. The SMILES string of the molecule is CC(C)NS(=O)(=O)c1ccc(NC(=O)c2cc3c(s2)CC[C@H](C)C3)cc1. The standard InChI is InChI=1S/C19H24N2O3S2/c1-12(2)21-26(23,24)16-7-5-15(6-8-16)20-19(22)18-11-14-10-13(3)4-9-17(14)25-18/h5-8,11-13,21H,4,9-10H2,1-3H3,(H,20,22)/t13-/m0/s1. The molecule has 1 aromatic heterocycles. The molecule has 0 spiro atoms. The first kappa shape index (κ1) is 19.1. The van der Waals surface area contributed by atoms with Crippen molar-refractivity contribution in [3.8, 4) is 0 Å². The molecule has 140 valence electrons. The molecule has 0 saturated heterocycles. The van der Waals surface area contributed by atoms with Crippen molar-refractivity contribution in [2.75, 3.05) is 5.32 Å². The summed E-state index contributed by atoms with van der Waals surface area (Å²) >= 11 is 1.56. The van der Waals surface area contributed by atoms with Crippen molar-refractivity contribution < 1.29 is 13.2 Å². The number of sulfonamides is 1. The third-order valence-electron chi connectivity index (χ3n) is 4.37. The van der Waals surface area contributed by atoms with Gasteiger partial charge >= 0.3 is 0 Å². The Hall–Kier alpha value is -1.70. The monoisotopic (exact) mass is 392 g/mol. The fourth-order valence-corrected chi connectivity index (χ4v) is 5.46. The quantitative estimate of drug-likeness (QED) is 0.812. The summed E-state index contributed by atoms with van der Waals surface area (Å²) in [6, 6.07) is 8.05. The lowest BCUT2D eigenvalue weighted by molar-refractivity contribution is 0.103. The lowest BCUT2D eigenvalue weighted by atomic mass is 9.90. The molecule has 2 N–H and O–H groups in total. The van der Waals surface area contributed by atoms with Gasteiger partial charge in [0.2, 0.25) is 10.0 Å². The highest BCUT2D eigenvalue weighted by molar-refractivity contribution is 7.89. The van der Waals surface area contributed by atoms with Crippen LogP contribution in [-0.4, -0.2) is 20.4 Å². The molecule has 0 saturated carbocycles. The molecule has 26 heavy (non-hydrogen) atoms. The van der Waals surface area contributed by atoms with Gasteiger partial charge in [-0.15, -0.1) is 11.3 Å². The highest BCUT2D eigenvalue weighted by atomic mass is 32.2. The van der Waals surface area contributed by atoms with Gasteiger partial charge in [-0.1, -0.05) is 6.92 Å². The van der Waals surface area contributed by atoms with E-state index in [0.717, 1.165) is 12.8 Å². The molecule has 1 aromatic carbocycles. The summed E-state index contributed by atoms with van der Waals surface area (Å²) < 4.78 is 26.8. The second kappa shape index (κ2) is 7.50. The van der Waals surface area contributed by atoms with E-state index in [9.17, 15) is 13.2 Å². The van der Waals surface area contributed by atoms with Crippen molar-refractivity contribution >= 4 is 33.0 Å². The van der Waals surface area contributed by atoms with E-state index in [2.05, 4.69) is 17.0 Å². The Morgan fingerprint density at radius 1 is 1.23 bits per heavy atom. The molecule has 5 nitrogen and oxygen atoms in total. The van der Waals surface area contributed by atoms with Gasteiger partial charge in [-0.05, 0) is 74.9 Å². The first-order valence-corrected chi connectivity index (χ1v) is 11.1. The van der Waals surface area contributed by atoms with E-state index >= 15 is 0 Å². The van der Waals surface area contributed by atoms with Crippen LogP contribution in [0.5, 0.6) is 0 Å². The normalized spacial score (nSPS) is 17.2. The van der Waals surface area contributed by atoms with Crippen molar-refractivity contribution in [2.24, 2.45) is 5.92 Å². The fraction of sp³-hybridized carbons (Fsp3) is 0.421. The minimum Gasteiger partial charge on any atom is -0.321 e. The predicted octanol–water partition coefficient (Wildman–Crippen LogP) is 3.81. The maximum atomic E-state index is 12.5. The number of hydrogen-bond donors (Lipinski definition) is 2. The van der Waals surface area contributed by atoms with Crippen LogP contribution >= 0.6 is 11.3 Å².